The summed E-state index contributed by atoms with van der Waals surface area (Å²) >= 11 is 0. The number of benzene rings is 1. The van der Waals surface area contributed by atoms with E-state index in [0.29, 0.717) is 13.2 Å². The Hall–Kier alpha value is -1.39. The zero-order valence-corrected chi connectivity index (χ0v) is 11.8. The van der Waals surface area contributed by atoms with E-state index in [0.717, 1.165) is 5.56 Å². The van der Waals surface area contributed by atoms with Crippen molar-refractivity contribution >= 4 is 5.91 Å². The van der Waals surface area contributed by atoms with Crippen LogP contribution in [0.4, 0.5) is 0 Å². The van der Waals surface area contributed by atoms with E-state index in [2.05, 4.69) is 41.8 Å². The van der Waals surface area contributed by atoms with Crippen LogP contribution in [0, 0.1) is 12.8 Å². The lowest BCUT2D eigenvalue weighted by molar-refractivity contribution is -0.126. The Morgan fingerprint density at radius 1 is 1.32 bits per heavy atom. The number of hydrogen-bond donors (Lipinski definition) is 2. The predicted octanol–water partition coefficient (Wildman–Crippen LogP) is 1.41. The van der Waals surface area contributed by atoms with Gasteiger partial charge in [-0.3, -0.25) is 4.79 Å². The smallest absolute Gasteiger partial charge is 0.227 e. The van der Waals surface area contributed by atoms with Crippen LogP contribution in [0.2, 0.25) is 0 Å². The van der Waals surface area contributed by atoms with E-state index in [1.807, 2.05) is 14.0 Å². The fraction of sp³-hybridized carbons (Fsp3) is 0.533. The predicted molar refractivity (Wildman–Crippen MR) is 74.9 cm³/mol. The molecule has 1 aliphatic rings. The van der Waals surface area contributed by atoms with Gasteiger partial charge in [-0.1, -0.05) is 29.8 Å². The Kier molecular flexibility index (Phi) is 4.56. The molecular weight excluding hydrogens is 240 g/mol. The molecule has 2 N–H and O–H groups in total. The molecule has 3 unspecified atom stereocenters. The van der Waals surface area contributed by atoms with Crippen LogP contribution < -0.4 is 10.6 Å². The van der Waals surface area contributed by atoms with Gasteiger partial charge in [0, 0.05) is 6.04 Å². The molecule has 0 aromatic heterocycles. The highest BCUT2D eigenvalue weighted by Gasteiger charge is 2.33. The molecule has 19 heavy (non-hydrogen) atoms. The maximum Gasteiger partial charge on any atom is 0.227 e. The molecule has 1 heterocycles. The number of carbonyl (C=O) groups is 1. The van der Waals surface area contributed by atoms with Gasteiger partial charge in [-0.05, 0) is 26.5 Å². The molecule has 1 saturated heterocycles. The third-order valence-corrected chi connectivity index (χ3v) is 3.72. The van der Waals surface area contributed by atoms with Gasteiger partial charge >= 0.3 is 0 Å². The van der Waals surface area contributed by atoms with Crippen molar-refractivity contribution in [2.24, 2.45) is 5.92 Å². The van der Waals surface area contributed by atoms with Gasteiger partial charge in [0.25, 0.3) is 0 Å². The van der Waals surface area contributed by atoms with Crippen molar-refractivity contribution < 1.29 is 9.53 Å². The first kappa shape index (κ1) is 14.0. The second-order valence-corrected chi connectivity index (χ2v) is 5.18. The maximum atomic E-state index is 12.2. The van der Waals surface area contributed by atoms with Gasteiger partial charge in [0.05, 0.1) is 25.2 Å². The topological polar surface area (TPSA) is 50.4 Å². The summed E-state index contributed by atoms with van der Waals surface area (Å²) in [5.41, 5.74) is 2.35. The lowest BCUT2D eigenvalue weighted by atomic mass is 10.0. The number of ether oxygens (including phenoxy) is 1. The Labute approximate surface area is 114 Å². The van der Waals surface area contributed by atoms with E-state index in [4.69, 9.17) is 4.74 Å². The van der Waals surface area contributed by atoms with E-state index in [9.17, 15) is 4.79 Å². The second-order valence-electron chi connectivity index (χ2n) is 5.18. The maximum absolute atomic E-state index is 12.2. The van der Waals surface area contributed by atoms with Crippen LogP contribution in [-0.2, 0) is 9.53 Å². The van der Waals surface area contributed by atoms with Gasteiger partial charge in [-0.15, -0.1) is 0 Å². The van der Waals surface area contributed by atoms with Crippen molar-refractivity contribution in [3.8, 4) is 0 Å². The summed E-state index contributed by atoms with van der Waals surface area (Å²) in [6.07, 6.45) is 0. The molecule has 1 aromatic rings. The second kappa shape index (κ2) is 6.17. The van der Waals surface area contributed by atoms with E-state index in [-0.39, 0.29) is 23.9 Å². The molecule has 0 saturated carbocycles. The molecule has 0 aliphatic carbocycles. The summed E-state index contributed by atoms with van der Waals surface area (Å²) in [7, 11) is 1.86. The molecule has 104 valence electrons. The van der Waals surface area contributed by atoms with Crippen LogP contribution in [0.15, 0.2) is 24.3 Å². The Morgan fingerprint density at radius 3 is 2.63 bits per heavy atom. The van der Waals surface area contributed by atoms with Crippen LogP contribution in [0.1, 0.15) is 24.1 Å². The minimum Gasteiger partial charge on any atom is -0.379 e. The van der Waals surface area contributed by atoms with Crippen molar-refractivity contribution in [2.45, 2.75) is 25.9 Å². The number of aryl methyl sites for hydroxylation is 1. The average molecular weight is 262 g/mol. The monoisotopic (exact) mass is 262 g/mol. The number of rotatable bonds is 4. The number of hydrogen-bond acceptors (Lipinski definition) is 3. The number of amides is 1. The molecule has 1 aromatic carbocycles. The number of likely N-dealkylation sites (N-methyl/N-ethyl adjacent to an activating group) is 1. The van der Waals surface area contributed by atoms with Crippen molar-refractivity contribution in [3.63, 3.8) is 0 Å². The first-order chi connectivity index (χ1) is 9.11. The van der Waals surface area contributed by atoms with Crippen LogP contribution in [0.25, 0.3) is 0 Å². The van der Waals surface area contributed by atoms with Crippen molar-refractivity contribution in [1.29, 1.82) is 0 Å². The number of nitrogens with one attached hydrogen (secondary N) is 2. The molecular formula is C15H22N2O2. The molecule has 4 heteroatoms. The normalized spacial score (nSPS) is 24.2. The van der Waals surface area contributed by atoms with E-state index in [1.54, 1.807) is 0 Å². The largest absolute Gasteiger partial charge is 0.379 e. The van der Waals surface area contributed by atoms with Gasteiger partial charge in [0.2, 0.25) is 5.91 Å². The number of carbonyl (C=O) groups excluding carboxylic acids is 1. The van der Waals surface area contributed by atoms with Crippen LogP contribution in [0.5, 0.6) is 0 Å². The van der Waals surface area contributed by atoms with Crippen LogP contribution in [-0.4, -0.2) is 32.2 Å². The van der Waals surface area contributed by atoms with Crippen LogP contribution in [0.3, 0.4) is 0 Å². The summed E-state index contributed by atoms with van der Waals surface area (Å²) in [5, 5.41) is 6.19. The van der Waals surface area contributed by atoms with Gasteiger partial charge in [0.1, 0.15) is 0 Å². The minimum atomic E-state index is -0.0992. The minimum absolute atomic E-state index is 0.0196. The summed E-state index contributed by atoms with van der Waals surface area (Å²) < 4.78 is 5.36. The molecule has 1 fully saturated rings. The summed E-state index contributed by atoms with van der Waals surface area (Å²) in [6.45, 7) is 5.17. The highest BCUT2D eigenvalue weighted by Crippen LogP contribution is 2.17. The third kappa shape index (κ3) is 3.33. The first-order valence-electron chi connectivity index (χ1n) is 6.73. The van der Waals surface area contributed by atoms with Crippen LogP contribution >= 0.6 is 0 Å². The van der Waals surface area contributed by atoms with Crippen molar-refractivity contribution in [3.05, 3.63) is 35.4 Å². The fourth-order valence-corrected chi connectivity index (χ4v) is 2.36. The van der Waals surface area contributed by atoms with Gasteiger partial charge < -0.3 is 15.4 Å². The van der Waals surface area contributed by atoms with E-state index in [1.165, 1.54) is 5.56 Å². The molecule has 1 amide bonds. The third-order valence-electron chi connectivity index (χ3n) is 3.72. The van der Waals surface area contributed by atoms with Crippen molar-refractivity contribution in [2.75, 3.05) is 20.3 Å². The highest BCUT2D eigenvalue weighted by atomic mass is 16.5. The Bertz CT molecular complexity index is 430. The highest BCUT2D eigenvalue weighted by molar-refractivity contribution is 5.80. The zero-order chi connectivity index (χ0) is 13.8. The van der Waals surface area contributed by atoms with Gasteiger partial charge in [-0.2, -0.15) is 0 Å². The SMILES string of the molecule is CNC1COCC1C(=O)NC(C)c1ccc(C)cc1. The molecule has 1 aliphatic heterocycles. The molecule has 0 spiro atoms. The molecule has 3 atom stereocenters. The zero-order valence-electron chi connectivity index (χ0n) is 11.8. The lowest BCUT2D eigenvalue weighted by Gasteiger charge is -2.20. The Balaban J connectivity index is 1.96. The van der Waals surface area contributed by atoms with Crippen molar-refractivity contribution in [1.82, 2.24) is 10.6 Å². The average Bonchev–Trinajstić information content (AvgIpc) is 2.87. The van der Waals surface area contributed by atoms with E-state index < -0.39 is 0 Å². The Morgan fingerprint density at radius 2 is 2.00 bits per heavy atom. The summed E-state index contributed by atoms with van der Waals surface area (Å²) in [4.78, 5) is 12.2. The van der Waals surface area contributed by atoms with Gasteiger partial charge in [-0.25, -0.2) is 0 Å². The molecule has 2 rings (SSSR count). The molecule has 0 radical (unpaired) electrons. The standard InChI is InChI=1S/C15H22N2O2/c1-10-4-6-12(7-5-10)11(2)17-15(18)13-8-19-9-14(13)16-3/h4-7,11,13-14,16H,8-9H2,1-3H3,(H,17,18). The summed E-state index contributed by atoms with van der Waals surface area (Å²) in [6, 6.07) is 8.37. The van der Waals surface area contributed by atoms with Gasteiger partial charge in [0.15, 0.2) is 0 Å². The lowest BCUT2D eigenvalue weighted by Crippen LogP contribution is -2.43. The molecule has 4 nitrogen and oxygen atoms in total. The van der Waals surface area contributed by atoms with E-state index >= 15 is 0 Å². The quantitative estimate of drug-likeness (QED) is 0.862. The first-order valence-corrected chi connectivity index (χ1v) is 6.73. The fourth-order valence-electron chi connectivity index (χ4n) is 2.36. The molecule has 0 bridgehead atoms. The summed E-state index contributed by atoms with van der Waals surface area (Å²) in [5.74, 6) is -0.0391.